The molecule has 0 radical (unpaired) electrons. The smallest absolute Gasteiger partial charge is 0.308 e. The van der Waals surface area contributed by atoms with Crippen LogP contribution in [0.2, 0.25) is 0 Å². The van der Waals surface area contributed by atoms with E-state index in [0.717, 1.165) is 0 Å². The minimum atomic E-state index is -0.674. The van der Waals surface area contributed by atoms with Crippen LogP contribution in [0.1, 0.15) is 33.6 Å². The molecule has 0 aliphatic heterocycles. The first-order valence-corrected chi connectivity index (χ1v) is 4.36. The fraction of sp³-hybridized carbons (Fsp3) is 0.700. The average Bonchev–Trinajstić information content (AvgIpc) is 1.81. The summed E-state index contributed by atoms with van der Waals surface area (Å²) < 4.78 is 5.02. The molecule has 0 heterocycles. The Bertz CT molecular complexity index is 179. The van der Waals surface area contributed by atoms with E-state index in [4.69, 9.17) is 4.74 Å². The van der Waals surface area contributed by atoms with Gasteiger partial charge in [0.05, 0.1) is 12.5 Å². The SMILES string of the molecule is C=CC[C@H](O)CC(=O)OC(C)(C)C. The van der Waals surface area contributed by atoms with Gasteiger partial charge in [0.15, 0.2) is 0 Å². The monoisotopic (exact) mass is 186 g/mol. The summed E-state index contributed by atoms with van der Waals surface area (Å²) in [5, 5.41) is 9.24. The molecule has 3 heteroatoms. The molecule has 0 aliphatic rings. The highest BCUT2D eigenvalue weighted by atomic mass is 16.6. The van der Waals surface area contributed by atoms with Crippen molar-refractivity contribution < 1.29 is 14.6 Å². The van der Waals surface area contributed by atoms with E-state index < -0.39 is 11.7 Å². The predicted octanol–water partition coefficient (Wildman–Crippen LogP) is 1.66. The molecule has 13 heavy (non-hydrogen) atoms. The van der Waals surface area contributed by atoms with Crippen LogP contribution in [0.4, 0.5) is 0 Å². The number of hydrogen-bond donors (Lipinski definition) is 1. The topological polar surface area (TPSA) is 46.5 Å². The molecule has 0 aromatic carbocycles. The molecule has 0 amide bonds. The lowest BCUT2D eigenvalue weighted by molar-refractivity contribution is -0.156. The Balaban J connectivity index is 3.81. The second-order valence-corrected chi connectivity index (χ2v) is 3.97. The number of carbonyl (C=O) groups is 1. The van der Waals surface area contributed by atoms with Crippen LogP contribution in [0.3, 0.4) is 0 Å². The lowest BCUT2D eigenvalue weighted by Crippen LogP contribution is -2.26. The van der Waals surface area contributed by atoms with Crippen molar-refractivity contribution in [2.24, 2.45) is 0 Å². The fourth-order valence-corrected chi connectivity index (χ4v) is 0.851. The molecule has 0 aromatic heterocycles. The quantitative estimate of drug-likeness (QED) is 0.536. The zero-order valence-electron chi connectivity index (χ0n) is 8.54. The molecule has 1 N–H and O–H groups in total. The second-order valence-electron chi connectivity index (χ2n) is 3.97. The van der Waals surface area contributed by atoms with E-state index in [1.54, 1.807) is 26.8 Å². The van der Waals surface area contributed by atoms with E-state index in [2.05, 4.69) is 6.58 Å². The van der Waals surface area contributed by atoms with Gasteiger partial charge in [-0.3, -0.25) is 4.79 Å². The molecule has 0 unspecified atom stereocenters. The van der Waals surface area contributed by atoms with Crippen molar-refractivity contribution in [3.63, 3.8) is 0 Å². The second kappa shape index (κ2) is 5.02. The third-order valence-electron chi connectivity index (χ3n) is 1.26. The highest BCUT2D eigenvalue weighted by Gasteiger charge is 2.18. The lowest BCUT2D eigenvalue weighted by Gasteiger charge is -2.20. The molecule has 76 valence electrons. The molecule has 0 bridgehead atoms. The van der Waals surface area contributed by atoms with Gasteiger partial charge in [-0.2, -0.15) is 0 Å². The van der Waals surface area contributed by atoms with E-state index in [-0.39, 0.29) is 12.4 Å². The Morgan fingerprint density at radius 2 is 2.15 bits per heavy atom. The van der Waals surface area contributed by atoms with Gasteiger partial charge in [0.1, 0.15) is 5.60 Å². The van der Waals surface area contributed by atoms with Crippen molar-refractivity contribution in [3.05, 3.63) is 12.7 Å². The van der Waals surface area contributed by atoms with Gasteiger partial charge >= 0.3 is 5.97 Å². The van der Waals surface area contributed by atoms with Crippen molar-refractivity contribution in [1.29, 1.82) is 0 Å². The van der Waals surface area contributed by atoms with Gasteiger partial charge in [0.2, 0.25) is 0 Å². The van der Waals surface area contributed by atoms with Crippen molar-refractivity contribution in [2.45, 2.75) is 45.3 Å². The number of aliphatic hydroxyl groups excluding tert-OH is 1. The maximum absolute atomic E-state index is 11.1. The van der Waals surface area contributed by atoms with Crippen LogP contribution in [-0.2, 0) is 9.53 Å². The summed E-state index contributed by atoms with van der Waals surface area (Å²) in [5.41, 5.74) is -0.481. The summed E-state index contributed by atoms with van der Waals surface area (Å²) >= 11 is 0. The van der Waals surface area contributed by atoms with Crippen molar-refractivity contribution in [2.75, 3.05) is 0 Å². The minimum Gasteiger partial charge on any atom is -0.460 e. The third kappa shape index (κ3) is 7.53. The average molecular weight is 186 g/mol. The van der Waals surface area contributed by atoms with Gasteiger partial charge in [-0.15, -0.1) is 6.58 Å². The van der Waals surface area contributed by atoms with E-state index in [0.29, 0.717) is 6.42 Å². The molecule has 0 saturated heterocycles. The van der Waals surface area contributed by atoms with Crippen LogP contribution in [0, 0.1) is 0 Å². The van der Waals surface area contributed by atoms with E-state index in [9.17, 15) is 9.90 Å². The number of esters is 1. The summed E-state index contributed by atoms with van der Waals surface area (Å²) in [5.74, 6) is -0.373. The summed E-state index contributed by atoms with van der Waals surface area (Å²) in [6.07, 6.45) is 1.35. The Kier molecular flexibility index (Phi) is 4.70. The third-order valence-corrected chi connectivity index (χ3v) is 1.26. The van der Waals surface area contributed by atoms with Crippen molar-refractivity contribution >= 4 is 5.97 Å². The minimum absolute atomic E-state index is 0.0310. The van der Waals surface area contributed by atoms with E-state index in [1.165, 1.54) is 0 Å². The number of carbonyl (C=O) groups excluding carboxylic acids is 1. The molecule has 0 aliphatic carbocycles. The van der Waals surface area contributed by atoms with Gasteiger partial charge in [-0.1, -0.05) is 6.08 Å². The fourth-order valence-electron chi connectivity index (χ4n) is 0.851. The van der Waals surface area contributed by atoms with Gasteiger partial charge in [0, 0.05) is 0 Å². The molecule has 0 rings (SSSR count). The standard InChI is InChI=1S/C10H18O3/c1-5-6-8(11)7-9(12)13-10(2,3)4/h5,8,11H,1,6-7H2,2-4H3/t8-/m0/s1. The summed E-state index contributed by atoms with van der Waals surface area (Å²) in [6.45, 7) is 8.86. The van der Waals surface area contributed by atoms with Crippen LogP contribution in [0.5, 0.6) is 0 Å². The molecule has 0 aromatic rings. The molecule has 1 atom stereocenters. The van der Waals surface area contributed by atoms with Crippen LogP contribution < -0.4 is 0 Å². The van der Waals surface area contributed by atoms with Crippen LogP contribution in [0.15, 0.2) is 12.7 Å². The van der Waals surface area contributed by atoms with Crippen molar-refractivity contribution in [3.8, 4) is 0 Å². The maximum atomic E-state index is 11.1. The van der Waals surface area contributed by atoms with Gasteiger partial charge in [-0.25, -0.2) is 0 Å². The van der Waals surface area contributed by atoms with Gasteiger partial charge in [-0.05, 0) is 27.2 Å². The zero-order valence-corrected chi connectivity index (χ0v) is 8.54. The highest BCUT2D eigenvalue weighted by molar-refractivity contribution is 5.70. The van der Waals surface area contributed by atoms with E-state index >= 15 is 0 Å². The first-order chi connectivity index (χ1) is 5.85. The number of hydrogen-bond acceptors (Lipinski definition) is 3. The predicted molar refractivity (Wildman–Crippen MR) is 51.3 cm³/mol. The van der Waals surface area contributed by atoms with Crippen LogP contribution in [0.25, 0.3) is 0 Å². The number of rotatable bonds is 4. The maximum Gasteiger partial charge on any atom is 0.308 e. The Labute approximate surface area is 79.4 Å². The molecule has 0 fully saturated rings. The summed E-state index contributed by atoms with van der Waals surface area (Å²) in [4.78, 5) is 11.1. The normalized spacial score (nSPS) is 13.5. The van der Waals surface area contributed by atoms with Gasteiger partial charge in [0.25, 0.3) is 0 Å². The lowest BCUT2D eigenvalue weighted by atomic mass is 10.1. The largest absolute Gasteiger partial charge is 0.460 e. The summed E-state index contributed by atoms with van der Waals surface area (Å²) in [6, 6.07) is 0. The molecular weight excluding hydrogens is 168 g/mol. The van der Waals surface area contributed by atoms with Gasteiger partial charge < -0.3 is 9.84 Å². The first kappa shape index (κ1) is 12.2. The molecule has 0 spiro atoms. The van der Waals surface area contributed by atoms with Crippen LogP contribution in [-0.4, -0.2) is 22.8 Å². The first-order valence-electron chi connectivity index (χ1n) is 4.36. The zero-order chi connectivity index (χ0) is 10.5. The molecule has 0 saturated carbocycles. The number of ether oxygens (including phenoxy) is 1. The van der Waals surface area contributed by atoms with Crippen molar-refractivity contribution in [1.82, 2.24) is 0 Å². The Morgan fingerprint density at radius 3 is 2.54 bits per heavy atom. The summed E-state index contributed by atoms with van der Waals surface area (Å²) in [7, 11) is 0. The molecular formula is C10H18O3. The van der Waals surface area contributed by atoms with Crippen LogP contribution >= 0.6 is 0 Å². The number of aliphatic hydroxyl groups is 1. The van der Waals surface area contributed by atoms with E-state index in [1.807, 2.05) is 0 Å². The molecule has 3 nitrogen and oxygen atoms in total. The Hall–Kier alpha value is -0.830. The highest BCUT2D eigenvalue weighted by Crippen LogP contribution is 2.10. The Morgan fingerprint density at radius 1 is 1.62 bits per heavy atom.